The van der Waals surface area contributed by atoms with Crippen LogP contribution in [0.1, 0.15) is 23.7 Å². The van der Waals surface area contributed by atoms with E-state index in [1.54, 1.807) is 0 Å². The van der Waals surface area contributed by atoms with Gasteiger partial charge in [0, 0.05) is 18.2 Å². The van der Waals surface area contributed by atoms with Gasteiger partial charge in [-0.1, -0.05) is 55.1 Å². The van der Waals surface area contributed by atoms with Crippen LogP contribution >= 0.6 is 0 Å². The van der Waals surface area contributed by atoms with E-state index in [4.69, 9.17) is 0 Å². The first-order chi connectivity index (χ1) is 9.81. The highest BCUT2D eigenvalue weighted by Gasteiger charge is 2.21. The third-order valence-electron chi connectivity index (χ3n) is 3.65. The molecule has 0 fully saturated rings. The first kappa shape index (κ1) is 12.6. The van der Waals surface area contributed by atoms with Crippen LogP contribution in [0.5, 0.6) is 0 Å². The van der Waals surface area contributed by atoms with Gasteiger partial charge in [0.2, 0.25) is 0 Å². The SMILES string of the molecule is C=C(/C=C\C=C/C)c1cccc2c1Cc1ncccc1-2. The smallest absolute Gasteiger partial charge is 0.0526 e. The fourth-order valence-electron chi connectivity index (χ4n) is 2.69. The highest BCUT2D eigenvalue weighted by molar-refractivity contribution is 5.84. The van der Waals surface area contributed by atoms with Gasteiger partial charge in [0.05, 0.1) is 5.69 Å². The molecule has 0 radical (unpaired) electrons. The quantitative estimate of drug-likeness (QED) is 0.616. The standard InChI is InChI=1S/C19H17N/c1-3-4-5-8-14(2)15-9-6-10-16-17-11-7-12-20-19(17)13-18(15)16/h3-12H,2,13H2,1H3/b4-3-,8-5-. The first-order valence-corrected chi connectivity index (χ1v) is 6.86. The maximum absolute atomic E-state index is 4.49. The van der Waals surface area contributed by atoms with Crippen LogP contribution in [0.2, 0.25) is 0 Å². The maximum atomic E-state index is 4.49. The van der Waals surface area contributed by atoms with Gasteiger partial charge in [-0.15, -0.1) is 0 Å². The van der Waals surface area contributed by atoms with Crippen LogP contribution in [0.25, 0.3) is 16.7 Å². The molecule has 20 heavy (non-hydrogen) atoms. The zero-order valence-corrected chi connectivity index (χ0v) is 11.6. The molecule has 1 aromatic heterocycles. The largest absolute Gasteiger partial charge is 0.260 e. The van der Waals surface area contributed by atoms with Crippen LogP contribution in [0.15, 0.2) is 67.4 Å². The van der Waals surface area contributed by atoms with E-state index < -0.39 is 0 Å². The molecule has 0 aliphatic heterocycles. The summed E-state index contributed by atoms with van der Waals surface area (Å²) >= 11 is 0. The van der Waals surface area contributed by atoms with Crippen LogP contribution in [-0.4, -0.2) is 4.98 Å². The van der Waals surface area contributed by atoms with Gasteiger partial charge in [0.15, 0.2) is 0 Å². The van der Waals surface area contributed by atoms with Gasteiger partial charge < -0.3 is 0 Å². The summed E-state index contributed by atoms with van der Waals surface area (Å²) in [4.78, 5) is 4.49. The minimum Gasteiger partial charge on any atom is -0.260 e. The van der Waals surface area contributed by atoms with Crippen molar-refractivity contribution in [3.8, 4) is 11.1 Å². The minimum absolute atomic E-state index is 0.901. The molecule has 0 unspecified atom stereocenters. The third-order valence-corrected chi connectivity index (χ3v) is 3.65. The maximum Gasteiger partial charge on any atom is 0.0526 e. The van der Waals surface area contributed by atoms with Crippen molar-refractivity contribution in [3.05, 3.63) is 84.2 Å². The molecule has 1 heterocycles. The summed E-state index contributed by atoms with van der Waals surface area (Å²) in [5, 5.41) is 0. The molecule has 2 aromatic rings. The van der Waals surface area contributed by atoms with Crippen molar-refractivity contribution < 1.29 is 0 Å². The van der Waals surface area contributed by atoms with Crippen LogP contribution in [-0.2, 0) is 6.42 Å². The van der Waals surface area contributed by atoms with Gasteiger partial charge in [-0.3, -0.25) is 4.98 Å². The molecule has 1 aliphatic carbocycles. The summed E-state index contributed by atoms with van der Waals surface area (Å²) in [6.07, 6.45) is 10.9. The zero-order valence-electron chi connectivity index (χ0n) is 11.6. The predicted molar refractivity (Wildman–Crippen MR) is 85.5 cm³/mol. The second-order valence-electron chi connectivity index (χ2n) is 4.92. The van der Waals surface area contributed by atoms with Crippen LogP contribution in [0.3, 0.4) is 0 Å². The topological polar surface area (TPSA) is 12.9 Å². The van der Waals surface area contributed by atoms with Gasteiger partial charge in [-0.25, -0.2) is 0 Å². The van der Waals surface area contributed by atoms with Crippen molar-refractivity contribution in [2.75, 3.05) is 0 Å². The lowest BCUT2D eigenvalue weighted by Crippen LogP contribution is -1.90. The number of nitrogens with zero attached hydrogens (tertiary/aromatic N) is 1. The van der Waals surface area contributed by atoms with E-state index in [2.05, 4.69) is 41.9 Å². The lowest BCUT2D eigenvalue weighted by Gasteiger charge is -2.08. The van der Waals surface area contributed by atoms with Crippen molar-refractivity contribution in [1.29, 1.82) is 0 Å². The Balaban J connectivity index is 2.03. The Kier molecular flexibility index (Phi) is 3.34. The van der Waals surface area contributed by atoms with Gasteiger partial charge in [0.1, 0.15) is 0 Å². The Morgan fingerprint density at radius 2 is 2.00 bits per heavy atom. The minimum atomic E-state index is 0.901. The Hall–Kier alpha value is -2.41. The van der Waals surface area contributed by atoms with Crippen molar-refractivity contribution in [2.45, 2.75) is 13.3 Å². The number of allylic oxidation sites excluding steroid dienone is 5. The number of pyridine rings is 1. The second kappa shape index (κ2) is 5.30. The second-order valence-corrected chi connectivity index (χ2v) is 4.92. The monoisotopic (exact) mass is 259 g/mol. The van der Waals surface area contributed by atoms with E-state index in [1.807, 2.05) is 37.4 Å². The molecule has 0 amide bonds. The number of benzene rings is 1. The molecule has 0 saturated heterocycles. The Labute approximate surface area is 120 Å². The molecule has 1 aromatic carbocycles. The molecule has 0 saturated carbocycles. The summed E-state index contributed by atoms with van der Waals surface area (Å²) in [5.74, 6) is 0. The van der Waals surface area contributed by atoms with Crippen molar-refractivity contribution in [2.24, 2.45) is 0 Å². The fourth-order valence-corrected chi connectivity index (χ4v) is 2.69. The molecule has 0 N–H and O–H groups in total. The highest BCUT2D eigenvalue weighted by atomic mass is 14.7. The van der Waals surface area contributed by atoms with E-state index in [0.717, 1.165) is 12.0 Å². The molecule has 0 atom stereocenters. The van der Waals surface area contributed by atoms with E-state index in [1.165, 1.54) is 27.9 Å². The van der Waals surface area contributed by atoms with Crippen molar-refractivity contribution >= 4 is 5.57 Å². The molecule has 1 aliphatic rings. The molecule has 0 spiro atoms. The van der Waals surface area contributed by atoms with E-state index >= 15 is 0 Å². The summed E-state index contributed by atoms with van der Waals surface area (Å²) in [5.41, 5.74) is 7.34. The van der Waals surface area contributed by atoms with Crippen molar-refractivity contribution in [1.82, 2.24) is 4.98 Å². The van der Waals surface area contributed by atoms with Crippen LogP contribution < -0.4 is 0 Å². The number of hydrogen-bond acceptors (Lipinski definition) is 1. The lowest BCUT2D eigenvalue weighted by atomic mass is 9.96. The number of aromatic nitrogens is 1. The lowest BCUT2D eigenvalue weighted by molar-refractivity contribution is 1.12. The van der Waals surface area contributed by atoms with E-state index in [0.29, 0.717) is 0 Å². The summed E-state index contributed by atoms with van der Waals surface area (Å²) in [6, 6.07) is 10.6. The highest BCUT2D eigenvalue weighted by Crippen LogP contribution is 2.38. The Bertz CT molecular complexity index is 720. The van der Waals surface area contributed by atoms with Gasteiger partial charge >= 0.3 is 0 Å². The molecule has 0 bridgehead atoms. The Morgan fingerprint density at radius 1 is 1.15 bits per heavy atom. The average Bonchev–Trinajstić information content (AvgIpc) is 2.86. The fraction of sp³-hybridized carbons (Fsp3) is 0.105. The number of fused-ring (bicyclic) bond motifs is 3. The van der Waals surface area contributed by atoms with Gasteiger partial charge in [-0.05, 0) is 35.3 Å². The zero-order chi connectivity index (χ0) is 13.9. The van der Waals surface area contributed by atoms with Crippen LogP contribution in [0.4, 0.5) is 0 Å². The summed E-state index contributed by atoms with van der Waals surface area (Å²) in [6.45, 7) is 6.21. The first-order valence-electron chi connectivity index (χ1n) is 6.86. The van der Waals surface area contributed by atoms with Crippen LogP contribution in [0, 0.1) is 0 Å². The molecule has 1 nitrogen and oxygen atoms in total. The normalized spacial score (nSPS) is 12.8. The third kappa shape index (κ3) is 2.12. The predicted octanol–water partition coefficient (Wildman–Crippen LogP) is 4.80. The van der Waals surface area contributed by atoms with E-state index in [-0.39, 0.29) is 0 Å². The van der Waals surface area contributed by atoms with Crippen molar-refractivity contribution in [3.63, 3.8) is 0 Å². The molecular formula is C19H17N. The van der Waals surface area contributed by atoms with Gasteiger partial charge in [0.25, 0.3) is 0 Å². The number of hydrogen-bond donors (Lipinski definition) is 0. The molecule has 98 valence electrons. The average molecular weight is 259 g/mol. The van der Waals surface area contributed by atoms with E-state index in [9.17, 15) is 0 Å². The summed E-state index contributed by atoms with van der Waals surface area (Å²) in [7, 11) is 0. The molecule has 1 heteroatoms. The molecular weight excluding hydrogens is 242 g/mol. The summed E-state index contributed by atoms with van der Waals surface area (Å²) < 4.78 is 0. The Morgan fingerprint density at radius 3 is 2.85 bits per heavy atom. The molecule has 3 rings (SSSR count). The number of rotatable bonds is 3. The van der Waals surface area contributed by atoms with Gasteiger partial charge in [-0.2, -0.15) is 0 Å².